The van der Waals surface area contributed by atoms with Crippen LogP contribution in [0.15, 0.2) is 18.2 Å². The van der Waals surface area contributed by atoms with Crippen molar-refractivity contribution in [3.63, 3.8) is 0 Å². The average Bonchev–Trinajstić information content (AvgIpc) is 3.06. The number of nitrogens with one attached hydrogen (secondary N) is 1. The van der Waals surface area contributed by atoms with Crippen LogP contribution in [-0.2, 0) is 16.1 Å². The van der Waals surface area contributed by atoms with Crippen LogP contribution in [0.5, 0.6) is 5.75 Å². The van der Waals surface area contributed by atoms with E-state index in [-0.39, 0.29) is 5.91 Å². The van der Waals surface area contributed by atoms with E-state index in [4.69, 9.17) is 9.57 Å². The predicted octanol–water partition coefficient (Wildman–Crippen LogP) is 2.57. The zero-order valence-corrected chi connectivity index (χ0v) is 12.0. The summed E-state index contributed by atoms with van der Waals surface area (Å²) in [4.78, 5) is 15.8. The highest BCUT2D eigenvalue weighted by molar-refractivity contribution is 5.71. The van der Waals surface area contributed by atoms with Gasteiger partial charge in [0, 0.05) is 18.9 Å². The number of hydrogen-bond acceptors (Lipinski definition) is 3. The van der Waals surface area contributed by atoms with Gasteiger partial charge >= 0.3 is 0 Å². The third-order valence-electron chi connectivity index (χ3n) is 4.12. The molecule has 3 rings (SSSR count). The van der Waals surface area contributed by atoms with E-state index in [0.717, 1.165) is 18.6 Å². The van der Waals surface area contributed by atoms with Crippen LogP contribution in [0.2, 0.25) is 0 Å². The first-order chi connectivity index (χ1) is 9.65. The molecule has 1 amide bonds. The van der Waals surface area contributed by atoms with Crippen molar-refractivity contribution in [3.05, 3.63) is 29.3 Å². The number of carbonyl (C=O) groups is 1. The third-order valence-corrected chi connectivity index (χ3v) is 4.12. The van der Waals surface area contributed by atoms with Crippen LogP contribution in [-0.4, -0.2) is 18.6 Å². The first-order valence-electron chi connectivity index (χ1n) is 7.32. The molecule has 0 spiro atoms. The minimum Gasteiger partial charge on any atom is -0.490 e. The van der Waals surface area contributed by atoms with Crippen molar-refractivity contribution in [1.82, 2.24) is 5.48 Å². The molecule has 1 fully saturated rings. The Morgan fingerprint density at radius 3 is 3.15 bits per heavy atom. The lowest BCUT2D eigenvalue weighted by Gasteiger charge is -2.07. The summed E-state index contributed by atoms with van der Waals surface area (Å²) >= 11 is 0. The Bertz CT molecular complexity index is 514. The number of amides is 1. The molecule has 108 valence electrons. The first-order valence-corrected chi connectivity index (χ1v) is 7.32. The van der Waals surface area contributed by atoms with Gasteiger partial charge in [0.1, 0.15) is 11.9 Å². The molecule has 1 aliphatic carbocycles. The lowest BCUT2D eigenvalue weighted by molar-refractivity contribution is -0.131. The molecule has 1 aromatic rings. The fourth-order valence-corrected chi connectivity index (χ4v) is 3.12. The lowest BCUT2D eigenvalue weighted by atomic mass is 9.98. The van der Waals surface area contributed by atoms with Crippen molar-refractivity contribution >= 4 is 5.91 Å². The minimum atomic E-state index is -0.149. The fraction of sp³-hybridized carbons (Fsp3) is 0.562. The summed E-state index contributed by atoms with van der Waals surface area (Å²) in [5, 5.41) is 0. The molecule has 0 radical (unpaired) electrons. The van der Waals surface area contributed by atoms with Gasteiger partial charge in [0.25, 0.3) is 0 Å². The smallest absolute Gasteiger partial charge is 0.240 e. The zero-order valence-electron chi connectivity index (χ0n) is 12.0. The van der Waals surface area contributed by atoms with E-state index in [1.165, 1.54) is 24.5 Å². The number of hydroxylamine groups is 1. The van der Waals surface area contributed by atoms with Gasteiger partial charge in [-0.3, -0.25) is 9.63 Å². The Labute approximate surface area is 119 Å². The SMILES string of the molecule is CC(=O)NOCCC1CC1c1cccc2c1CC(C)O2. The van der Waals surface area contributed by atoms with Gasteiger partial charge in [-0.15, -0.1) is 0 Å². The van der Waals surface area contributed by atoms with Gasteiger partial charge in [0.2, 0.25) is 5.91 Å². The molecule has 1 aliphatic heterocycles. The van der Waals surface area contributed by atoms with E-state index in [1.54, 1.807) is 0 Å². The Kier molecular flexibility index (Phi) is 3.66. The maximum atomic E-state index is 10.7. The van der Waals surface area contributed by atoms with Crippen molar-refractivity contribution in [1.29, 1.82) is 0 Å². The molecule has 1 saturated carbocycles. The highest BCUT2D eigenvalue weighted by Gasteiger charge is 2.40. The molecule has 1 aromatic carbocycles. The van der Waals surface area contributed by atoms with Crippen LogP contribution in [0.4, 0.5) is 0 Å². The topological polar surface area (TPSA) is 47.6 Å². The van der Waals surface area contributed by atoms with Gasteiger partial charge in [-0.1, -0.05) is 12.1 Å². The van der Waals surface area contributed by atoms with Crippen LogP contribution < -0.4 is 10.2 Å². The molecular formula is C16H21NO3. The van der Waals surface area contributed by atoms with Crippen molar-refractivity contribution in [3.8, 4) is 5.75 Å². The van der Waals surface area contributed by atoms with Gasteiger partial charge in [-0.2, -0.15) is 0 Å². The molecule has 3 unspecified atom stereocenters. The van der Waals surface area contributed by atoms with E-state index in [2.05, 4.69) is 30.6 Å². The Morgan fingerprint density at radius 2 is 2.35 bits per heavy atom. The van der Waals surface area contributed by atoms with Crippen molar-refractivity contribution < 1.29 is 14.4 Å². The summed E-state index contributed by atoms with van der Waals surface area (Å²) in [6.07, 6.45) is 3.53. The van der Waals surface area contributed by atoms with Crippen LogP contribution >= 0.6 is 0 Å². The van der Waals surface area contributed by atoms with Crippen LogP contribution in [0.1, 0.15) is 43.7 Å². The molecule has 0 saturated heterocycles. The first kappa shape index (κ1) is 13.4. The standard InChI is InChI=1S/C16H21NO3/c1-10-8-15-13(4-3-5-16(15)20-10)14-9-12(14)6-7-19-17-11(2)18/h3-5,10,12,14H,6-9H2,1-2H3,(H,17,18). The number of benzene rings is 1. The van der Waals surface area contributed by atoms with Crippen molar-refractivity contribution in [2.24, 2.45) is 5.92 Å². The second kappa shape index (κ2) is 5.44. The van der Waals surface area contributed by atoms with Crippen molar-refractivity contribution in [2.45, 2.75) is 45.1 Å². The molecule has 0 bridgehead atoms. The van der Waals surface area contributed by atoms with Gasteiger partial charge < -0.3 is 4.74 Å². The molecular weight excluding hydrogens is 254 g/mol. The highest BCUT2D eigenvalue weighted by Crippen LogP contribution is 2.52. The van der Waals surface area contributed by atoms with Crippen molar-refractivity contribution in [2.75, 3.05) is 6.61 Å². The number of hydrogen-bond donors (Lipinski definition) is 1. The number of ether oxygens (including phenoxy) is 1. The molecule has 1 heterocycles. The maximum Gasteiger partial charge on any atom is 0.240 e. The summed E-state index contributed by atoms with van der Waals surface area (Å²) < 4.78 is 5.81. The molecule has 3 atom stereocenters. The van der Waals surface area contributed by atoms with E-state index < -0.39 is 0 Å². The normalized spacial score (nSPS) is 26.8. The maximum absolute atomic E-state index is 10.7. The third kappa shape index (κ3) is 2.80. The van der Waals surface area contributed by atoms with Crippen LogP contribution in [0.25, 0.3) is 0 Å². The summed E-state index contributed by atoms with van der Waals surface area (Å²) in [5.41, 5.74) is 5.23. The monoisotopic (exact) mass is 275 g/mol. The summed E-state index contributed by atoms with van der Waals surface area (Å²) in [5.74, 6) is 2.23. The van der Waals surface area contributed by atoms with Crippen LogP contribution in [0.3, 0.4) is 0 Å². The second-order valence-electron chi connectivity index (χ2n) is 5.85. The molecule has 4 nitrogen and oxygen atoms in total. The average molecular weight is 275 g/mol. The molecule has 0 aromatic heterocycles. The quantitative estimate of drug-likeness (QED) is 0.663. The molecule has 20 heavy (non-hydrogen) atoms. The van der Waals surface area contributed by atoms with E-state index in [1.807, 2.05) is 0 Å². The zero-order chi connectivity index (χ0) is 14.1. The van der Waals surface area contributed by atoms with Gasteiger partial charge in [0.15, 0.2) is 0 Å². The highest BCUT2D eigenvalue weighted by atomic mass is 16.6. The number of rotatable bonds is 5. The fourth-order valence-electron chi connectivity index (χ4n) is 3.12. The lowest BCUT2D eigenvalue weighted by Crippen LogP contribution is -2.20. The molecule has 1 N–H and O–H groups in total. The number of carbonyl (C=O) groups excluding carboxylic acids is 1. The Hall–Kier alpha value is -1.55. The largest absolute Gasteiger partial charge is 0.490 e. The summed E-state index contributed by atoms with van der Waals surface area (Å²) in [6.45, 7) is 4.16. The predicted molar refractivity (Wildman–Crippen MR) is 75.5 cm³/mol. The number of fused-ring (bicyclic) bond motifs is 1. The molecule has 2 aliphatic rings. The van der Waals surface area contributed by atoms with Crippen LogP contribution in [0, 0.1) is 5.92 Å². The molecule has 4 heteroatoms. The Balaban J connectivity index is 1.55. The summed E-state index contributed by atoms with van der Waals surface area (Å²) in [7, 11) is 0. The Morgan fingerprint density at radius 1 is 1.50 bits per heavy atom. The second-order valence-corrected chi connectivity index (χ2v) is 5.85. The minimum absolute atomic E-state index is 0.149. The van der Waals surface area contributed by atoms with Gasteiger partial charge in [-0.05, 0) is 43.2 Å². The van der Waals surface area contributed by atoms with Gasteiger partial charge in [0.05, 0.1) is 6.61 Å². The van der Waals surface area contributed by atoms with E-state index >= 15 is 0 Å². The van der Waals surface area contributed by atoms with Gasteiger partial charge in [-0.25, -0.2) is 5.48 Å². The van der Waals surface area contributed by atoms with E-state index in [9.17, 15) is 4.79 Å². The van der Waals surface area contributed by atoms with E-state index in [0.29, 0.717) is 24.5 Å². The summed E-state index contributed by atoms with van der Waals surface area (Å²) in [6, 6.07) is 6.40.